The zero-order valence-electron chi connectivity index (χ0n) is 19.2. The fourth-order valence-corrected chi connectivity index (χ4v) is 4.48. The van der Waals surface area contributed by atoms with E-state index < -0.39 is 17.7 Å². The molecule has 7 heteroatoms. The number of hydrogen-bond donors (Lipinski definition) is 1. The fraction of sp³-hybridized carbons (Fsp3) is 0.423. The van der Waals surface area contributed by atoms with Crippen molar-refractivity contribution in [2.45, 2.75) is 32.2 Å². The summed E-state index contributed by atoms with van der Waals surface area (Å²) in [4.78, 5) is 34.1. The number of aliphatic hydroxyl groups is 1. The lowest BCUT2D eigenvalue weighted by Crippen LogP contribution is -2.38. The molecule has 0 unspecified atom stereocenters. The average Bonchev–Trinajstić information content (AvgIpc) is 3.10. The number of aromatic nitrogens is 1. The van der Waals surface area contributed by atoms with Crippen LogP contribution in [-0.2, 0) is 14.3 Å². The van der Waals surface area contributed by atoms with E-state index in [-0.39, 0.29) is 11.3 Å². The van der Waals surface area contributed by atoms with Gasteiger partial charge in [0.25, 0.3) is 11.7 Å². The van der Waals surface area contributed by atoms with E-state index in [2.05, 4.69) is 23.7 Å². The van der Waals surface area contributed by atoms with Gasteiger partial charge in [0.2, 0.25) is 0 Å². The average molecular weight is 450 g/mol. The van der Waals surface area contributed by atoms with Gasteiger partial charge in [-0.05, 0) is 35.6 Å². The molecule has 0 radical (unpaired) electrons. The van der Waals surface area contributed by atoms with Gasteiger partial charge in [-0.3, -0.25) is 19.5 Å². The van der Waals surface area contributed by atoms with Gasteiger partial charge in [-0.15, -0.1) is 0 Å². The Hall–Kier alpha value is -3.03. The van der Waals surface area contributed by atoms with Gasteiger partial charge in [-0.25, -0.2) is 0 Å². The highest BCUT2D eigenvalue weighted by Crippen LogP contribution is 2.39. The molecule has 3 heterocycles. The maximum Gasteiger partial charge on any atom is 0.295 e. The molecule has 0 aliphatic carbocycles. The number of rotatable bonds is 7. The SMILES string of the molecule is CC(C)c1ccc([C@@H]2C(=C(O)c3ccncc3)C(=O)C(=O)N2CCCN2CCOCC2)cc1. The number of morpholine rings is 1. The number of benzene rings is 1. The molecule has 0 bridgehead atoms. The number of likely N-dealkylation sites (tertiary alicyclic amines) is 1. The minimum atomic E-state index is -0.645. The summed E-state index contributed by atoms with van der Waals surface area (Å²) in [7, 11) is 0. The van der Waals surface area contributed by atoms with Crippen LogP contribution in [0.4, 0.5) is 0 Å². The van der Waals surface area contributed by atoms with Crippen LogP contribution in [0.15, 0.2) is 54.4 Å². The third kappa shape index (κ3) is 4.99. The molecule has 2 aromatic rings. The smallest absolute Gasteiger partial charge is 0.295 e. The van der Waals surface area contributed by atoms with Crippen LogP contribution >= 0.6 is 0 Å². The van der Waals surface area contributed by atoms with E-state index in [0.29, 0.717) is 18.0 Å². The maximum absolute atomic E-state index is 13.1. The summed E-state index contributed by atoms with van der Waals surface area (Å²) < 4.78 is 5.41. The van der Waals surface area contributed by atoms with Crippen molar-refractivity contribution in [3.05, 3.63) is 71.1 Å². The molecule has 174 valence electrons. The second kappa shape index (κ2) is 10.3. The lowest BCUT2D eigenvalue weighted by atomic mass is 9.93. The first-order valence-corrected chi connectivity index (χ1v) is 11.6. The predicted molar refractivity (Wildman–Crippen MR) is 126 cm³/mol. The molecular weight excluding hydrogens is 418 g/mol. The number of amides is 1. The molecular formula is C26H31N3O4. The molecule has 1 atom stereocenters. The monoisotopic (exact) mass is 449 g/mol. The van der Waals surface area contributed by atoms with E-state index in [9.17, 15) is 14.7 Å². The van der Waals surface area contributed by atoms with E-state index in [1.165, 1.54) is 5.56 Å². The van der Waals surface area contributed by atoms with Gasteiger partial charge >= 0.3 is 0 Å². The van der Waals surface area contributed by atoms with Crippen molar-refractivity contribution in [1.82, 2.24) is 14.8 Å². The van der Waals surface area contributed by atoms with Gasteiger partial charge in [0, 0.05) is 44.1 Å². The standard InChI is InChI=1S/C26H31N3O4/c1-18(2)19-4-6-20(7-5-19)23-22(24(30)21-8-10-27-11-9-21)25(31)26(32)29(23)13-3-12-28-14-16-33-17-15-28/h4-11,18,23,30H,3,12-17H2,1-2H3/t23-/m1/s1. The van der Waals surface area contributed by atoms with Crippen molar-refractivity contribution in [2.75, 3.05) is 39.4 Å². The number of pyridine rings is 1. The van der Waals surface area contributed by atoms with E-state index in [1.54, 1.807) is 29.4 Å². The highest BCUT2D eigenvalue weighted by atomic mass is 16.5. The number of ether oxygens (including phenoxy) is 1. The first-order valence-electron chi connectivity index (χ1n) is 11.6. The maximum atomic E-state index is 13.1. The molecule has 1 aromatic carbocycles. The summed E-state index contributed by atoms with van der Waals surface area (Å²) in [6.07, 6.45) is 3.85. The summed E-state index contributed by atoms with van der Waals surface area (Å²) >= 11 is 0. The van der Waals surface area contributed by atoms with E-state index >= 15 is 0 Å². The first kappa shape index (κ1) is 23.1. The Balaban J connectivity index is 1.66. The summed E-state index contributed by atoms with van der Waals surface area (Å²) in [5.74, 6) is -1.00. The Morgan fingerprint density at radius 1 is 1.06 bits per heavy atom. The van der Waals surface area contributed by atoms with Crippen molar-refractivity contribution < 1.29 is 19.4 Å². The van der Waals surface area contributed by atoms with E-state index in [0.717, 1.165) is 44.8 Å². The number of nitrogens with zero attached hydrogens (tertiary/aromatic N) is 3. The zero-order valence-corrected chi connectivity index (χ0v) is 19.2. The van der Waals surface area contributed by atoms with Crippen LogP contribution in [0.2, 0.25) is 0 Å². The van der Waals surface area contributed by atoms with Crippen LogP contribution in [-0.4, -0.2) is 71.0 Å². The Kier molecular flexibility index (Phi) is 7.20. The molecule has 4 rings (SSSR count). The fourth-order valence-electron chi connectivity index (χ4n) is 4.48. The molecule has 1 aromatic heterocycles. The quantitative estimate of drug-likeness (QED) is 0.397. The number of ketones is 1. The lowest BCUT2D eigenvalue weighted by molar-refractivity contribution is -0.140. The molecule has 0 saturated carbocycles. The second-order valence-corrected chi connectivity index (χ2v) is 8.86. The Labute approximate surface area is 194 Å². The topological polar surface area (TPSA) is 83.0 Å². The minimum absolute atomic E-state index is 0.134. The summed E-state index contributed by atoms with van der Waals surface area (Å²) in [5, 5.41) is 11.1. The van der Waals surface area contributed by atoms with Crippen molar-refractivity contribution in [3.8, 4) is 0 Å². The highest BCUT2D eigenvalue weighted by Gasteiger charge is 2.45. The van der Waals surface area contributed by atoms with Gasteiger partial charge in [-0.1, -0.05) is 38.1 Å². The number of carbonyl (C=O) groups excluding carboxylic acids is 2. The molecule has 1 amide bonds. The van der Waals surface area contributed by atoms with E-state index in [4.69, 9.17) is 4.74 Å². The summed E-state index contributed by atoms with van der Waals surface area (Å²) in [6.45, 7) is 8.70. The normalized spacial score (nSPS) is 21.2. The summed E-state index contributed by atoms with van der Waals surface area (Å²) in [6, 6.07) is 10.6. The Morgan fingerprint density at radius 2 is 1.73 bits per heavy atom. The molecule has 2 aliphatic rings. The zero-order chi connectivity index (χ0) is 23.4. The van der Waals surface area contributed by atoms with Crippen LogP contribution in [0.3, 0.4) is 0 Å². The van der Waals surface area contributed by atoms with Gasteiger partial charge in [0.15, 0.2) is 0 Å². The van der Waals surface area contributed by atoms with Crippen LogP contribution in [0.1, 0.15) is 48.9 Å². The van der Waals surface area contributed by atoms with Gasteiger partial charge in [0.05, 0.1) is 24.8 Å². The molecule has 0 spiro atoms. The first-order chi connectivity index (χ1) is 16.0. The molecule has 2 aliphatic heterocycles. The van der Waals surface area contributed by atoms with Crippen molar-refractivity contribution >= 4 is 17.4 Å². The molecule has 2 saturated heterocycles. The van der Waals surface area contributed by atoms with Crippen LogP contribution < -0.4 is 0 Å². The minimum Gasteiger partial charge on any atom is -0.507 e. The largest absolute Gasteiger partial charge is 0.507 e. The number of Topliss-reactive ketones (excluding diaryl/α,β-unsaturated/α-hetero) is 1. The van der Waals surface area contributed by atoms with E-state index in [1.807, 2.05) is 24.3 Å². The Morgan fingerprint density at radius 3 is 2.36 bits per heavy atom. The molecule has 33 heavy (non-hydrogen) atoms. The third-order valence-corrected chi connectivity index (χ3v) is 6.39. The third-order valence-electron chi connectivity index (χ3n) is 6.39. The molecule has 1 N–H and O–H groups in total. The lowest BCUT2D eigenvalue weighted by Gasteiger charge is -2.29. The van der Waals surface area contributed by atoms with Gasteiger partial charge in [0.1, 0.15) is 5.76 Å². The number of carbonyl (C=O) groups is 2. The molecule has 2 fully saturated rings. The van der Waals surface area contributed by atoms with Gasteiger partial charge in [-0.2, -0.15) is 0 Å². The number of hydrogen-bond acceptors (Lipinski definition) is 6. The van der Waals surface area contributed by atoms with Crippen molar-refractivity contribution in [1.29, 1.82) is 0 Å². The highest BCUT2D eigenvalue weighted by molar-refractivity contribution is 6.46. The predicted octanol–water partition coefficient (Wildman–Crippen LogP) is 3.35. The molecule has 7 nitrogen and oxygen atoms in total. The Bertz CT molecular complexity index is 1010. The van der Waals surface area contributed by atoms with Crippen LogP contribution in [0.5, 0.6) is 0 Å². The van der Waals surface area contributed by atoms with Crippen LogP contribution in [0, 0.1) is 0 Å². The van der Waals surface area contributed by atoms with Gasteiger partial charge < -0.3 is 14.7 Å². The van der Waals surface area contributed by atoms with Crippen molar-refractivity contribution in [2.24, 2.45) is 0 Å². The summed E-state index contributed by atoms with van der Waals surface area (Å²) in [5.41, 5.74) is 2.60. The second-order valence-electron chi connectivity index (χ2n) is 8.86. The number of aliphatic hydroxyl groups excluding tert-OH is 1. The van der Waals surface area contributed by atoms with Crippen LogP contribution in [0.25, 0.3) is 5.76 Å². The van der Waals surface area contributed by atoms with Crippen molar-refractivity contribution in [3.63, 3.8) is 0 Å².